The van der Waals surface area contributed by atoms with E-state index in [4.69, 9.17) is 4.18 Å². The fraction of sp³-hybridized carbons (Fsp3) is 0.700. The molecule has 0 bridgehead atoms. The first-order valence-corrected chi connectivity index (χ1v) is 5.73. The van der Waals surface area contributed by atoms with E-state index in [9.17, 15) is 4.21 Å². The molecule has 0 aromatic carbocycles. The Hall–Kier alpha value is -0.370. The molecule has 1 unspecified atom stereocenters. The first-order chi connectivity index (χ1) is 6.24. The van der Waals surface area contributed by atoms with Crippen molar-refractivity contribution in [2.24, 2.45) is 0 Å². The Morgan fingerprint density at radius 1 is 1.38 bits per heavy atom. The SMILES string of the molecule is COS(=O)C(C)=C=C1CCCCC1. The van der Waals surface area contributed by atoms with Crippen LogP contribution in [0.25, 0.3) is 0 Å². The summed E-state index contributed by atoms with van der Waals surface area (Å²) in [5, 5.41) is 0. The topological polar surface area (TPSA) is 26.3 Å². The summed E-state index contributed by atoms with van der Waals surface area (Å²) in [5.74, 6) is 0. The van der Waals surface area contributed by atoms with E-state index in [1.807, 2.05) is 0 Å². The van der Waals surface area contributed by atoms with Crippen molar-refractivity contribution in [2.75, 3.05) is 7.11 Å². The van der Waals surface area contributed by atoms with Gasteiger partial charge in [0.05, 0.1) is 12.0 Å². The van der Waals surface area contributed by atoms with E-state index in [0.29, 0.717) is 4.91 Å². The molecule has 0 saturated heterocycles. The molecule has 1 fully saturated rings. The summed E-state index contributed by atoms with van der Waals surface area (Å²) in [6, 6.07) is 0. The maximum absolute atomic E-state index is 11.2. The molecule has 0 N–H and O–H groups in total. The molecule has 0 radical (unpaired) electrons. The molecule has 74 valence electrons. The van der Waals surface area contributed by atoms with E-state index >= 15 is 0 Å². The van der Waals surface area contributed by atoms with Crippen LogP contribution in [0.5, 0.6) is 0 Å². The van der Waals surface area contributed by atoms with Crippen LogP contribution in [-0.4, -0.2) is 11.3 Å². The third-order valence-electron chi connectivity index (χ3n) is 2.21. The monoisotopic (exact) mass is 200 g/mol. The number of rotatable bonds is 2. The second kappa shape index (κ2) is 5.38. The highest BCUT2D eigenvalue weighted by Gasteiger charge is 2.05. The van der Waals surface area contributed by atoms with Crippen molar-refractivity contribution in [2.45, 2.75) is 39.0 Å². The average Bonchev–Trinajstić information content (AvgIpc) is 2.18. The van der Waals surface area contributed by atoms with Crippen LogP contribution in [0.15, 0.2) is 16.2 Å². The minimum absolute atomic E-state index is 0.708. The van der Waals surface area contributed by atoms with E-state index in [2.05, 4.69) is 5.73 Å². The highest BCUT2D eigenvalue weighted by molar-refractivity contribution is 7.84. The van der Waals surface area contributed by atoms with Crippen LogP contribution < -0.4 is 0 Å². The summed E-state index contributed by atoms with van der Waals surface area (Å²) in [4.78, 5) is 0.708. The highest BCUT2D eigenvalue weighted by atomic mass is 32.2. The van der Waals surface area contributed by atoms with Gasteiger partial charge in [-0.2, -0.15) is 0 Å². The van der Waals surface area contributed by atoms with Crippen molar-refractivity contribution in [3.63, 3.8) is 0 Å². The minimum Gasteiger partial charge on any atom is -0.290 e. The van der Waals surface area contributed by atoms with Crippen LogP contribution in [0.4, 0.5) is 0 Å². The van der Waals surface area contributed by atoms with E-state index in [1.165, 1.54) is 31.9 Å². The van der Waals surface area contributed by atoms with Gasteiger partial charge in [0.15, 0.2) is 11.1 Å². The van der Waals surface area contributed by atoms with Gasteiger partial charge in [0.25, 0.3) is 0 Å². The Labute approximate surface area is 82.3 Å². The molecule has 1 rings (SSSR count). The number of hydrogen-bond donors (Lipinski definition) is 0. The zero-order valence-electron chi connectivity index (χ0n) is 8.26. The van der Waals surface area contributed by atoms with Crippen molar-refractivity contribution in [3.8, 4) is 0 Å². The van der Waals surface area contributed by atoms with Crippen molar-refractivity contribution < 1.29 is 8.39 Å². The summed E-state index contributed by atoms with van der Waals surface area (Å²) in [6.07, 6.45) is 6.03. The first-order valence-electron chi connectivity index (χ1n) is 4.65. The third-order valence-corrected chi connectivity index (χ3v) is 3.12. The Kier molecular flexibility index (Phi) is 4.43. The lowest BCUT2D eigenvalue weighted by Gasteiger charge is -2.10. The van der Waals surface area contributed by atoms with Crippen molar-refractivity contribution in [1.82, 2.24) is 0 Å². The van der Waals surface area contributed by atoms with Gasteiger partial charge in [-0.05, 0) is 38.2 Å². The van der Waals surface area contributed by atoms with Crippen molar-refractivity contribution >= 4 is 11.1 Å². The Morgan fingerprint density at radius 2 is 2.00 bits per heavy atom. The minimum atomic E-state index is -1.29. The standard InChI is InChI=1S/C10H16O2S/c1-9(13(11)12-2)8-10-6-4-3-5-7-10/h3-7H2,1-2H3. The lowest BCUT2D eigenvalue weighted by molar-refractivity contribution is 0.450. The second-order valence-corrected chi connectivity index (χ2v) is 4.66. The average molecular weight is 200 g/mol. The molecule has 0 amide bonds. The molecule has 0 aliphatic heterocycles. The van der Waals surface area contributed by atoms with Gasteiger partial charge in [-0.3, -0.25) is 4.18 Å². The Morgan fingerprint density at radius 3 is 2.54 bits per heavy atom. The van der Waals surface area contributed by atoms with Crippen LogP contribution in [-0.2, 0) is 15.3 Å². The van der Waals surface area contributed by atoms with Gasteiger partial charge in [0, 0.05) is 0 Å². The summed E-state index contributed by atoms with van der Waals surface area (Å²) in [5.41, 5.74) is 4.48. The summed E-state index contributed by atoms with van der Waals surface area (Å²) < 4.78 is 15.9. The molecule has 0 aromatic rings. The van der Waals surface area contributed by atoms with Crippen LogP contribution in [0.3, 0.4) is 0 Å². The largest absolute Gasteiger partial charge is 0.290 e. The molecular weight excluding hydrogens is 184 g/mol. The van der Waals surface area contributed by atoms with E-state index in [-0.39, 0.29) is 0 Å². The molecule has 1 saturated carbocycles. The van der Waals surface area contributed by atoms with Gasteiger partial charge in [-0.1, -0.05) is 6.42 Å². The van der Waals surface area contributed by atoms with Gasteiger partial charge in [-0.25, -0.2) is 4.21 Å². The third kappa shape index (κ3) is 3.47. The first kappa shape index (κ1) is 10.7. The molecule has 1 aliphatic rings. The second-order valence-electron chi connectivity index (χ2n) is 3.25. The van der Waals surface area contributed by atoms with Gasteiger partial charge in [0.1, 0.15) is 0 Å². The Bertz CT molecular complexity index is 254. The van der Waals surface area contributed by atoms with E-state index in [0.717, 1.165) is 12.8 Å². The number of allylic oxidation sites excluding steroid dienone is 1. The van der Waals surface area contributed by atoms with E-state index in [1.54, 1.807) is 6.92 Å². The zero-order chi connectivity index (χ0) is 9.68. The molecule has 13 heavy (non-hydrogen) atoms. The smallest absolute Gasteiger partial charge is 0.192 e. The molecule has 2 nitrogen and oxygen atoms in total. The lowest BCUT2D eigenvalue weighted by atomic mass is 9.96. The van der Waals surface area contributed by atoms with Crippen LogP contribution >= 0.6 is 0 Å². The molecule has 0 heterocycles. The zero-order valence-corrected chi connectivity index (χ0v) is 9.08. The fourth-order valence-electron chi connectivity index (χ4n) is 1.52. The molecule has 0 spiro atoms. The summed E-state index contributed by atoms with van der Waals surface area (Å²) in [7, 11) is 1.45. The fourth-order valence-corrected chi connectivity index (χ4v) is 2.00. The molecular formula is C10H16O2S. The lowest BCUT2D eigenvalue weighted by Crippen LogP contribution is -1.95. The van der Waals surface area contributed by atoms with E-state index < -0.39 is 11.1 Å². The highest BCUT2D eigenvalue weighted by Crippen LogP contribution is 2.22. The van der Waals surface area contributed by atoms with Gasteiger partial charge in [0.2, 0.25) is 0 Å². The maximum atomic E-state index is 11.2. The van der Waals surface area contributed by atoms with Gasteiger partial charge >= 0.3 is 0 Å². The maximum Gasteiger partial charge on any atom is 0.192 e. The normalized spacial score (nSPS) is 19.4. The number of hydrogen-bond acceptors (Lipinski definition) is 2. The summed E-state index contributed by atoms with van der Waals surface area (Å²) >= 11 is -1.29. The molecule has 0 aromatic heterocycles. The van der Waals surface area contributed by atoms with Gasteiger partial charge < -0.3 is 0 Å². The van der Waals surface area contributed by atoms with Crippen LogP contribution in [0.1, 0.15) is 39.0 Å². The quantitative estimate of drug-likeness (QED) is 0.641. The van der Waals surface area contributed by atoms with Crippen LogP contribution in [0.2, 0.25) is 0 Å². The predicted molar refractivity (Wildman–Crippen MR) is 54.4 cm³/mol. The van der Waals surface area contributed by atoms with Crippen LogP contribution in [0, 0.1) is 0 Å². The molecule has 3 heteroatoms. The predicted octanol–water partition coefficient (Wildman–Crippen LogP) is 2.69. The molecule has 1 atom stereocenters. The van der Waals surface area contributed by atoms with Gasteiger partial charge in [-0.15, -0.1) is 5.73 Å². The Balaban J connectivity index is 2.74. The molecule has 1 aliphatic carbocycles. The van der Waals surface area contributed by atoms with Crippen molar-refractivity contribution in [3.05, 3.63) is 16.2 Å². The summed E-state index contributed by atoms with van der Waals surface area (Å²) in [6.45, 7) is 1.81. The van der Waals surface area contributed by atoms with Crippen molar-refractivity contribution in [1.29, 1.82) is 0 Å².